The van der Waals surface area contributed by atoms with Gasteiger partial charge in [-0.2, -0.15) is 0 Å². The van der Waals surface area contributed by atoms with E-state index in [9.17, 15) is 13.2 Å². The Bertz CT molecular complexity index is 1350. The van der Waals surface area contributed by atoms with Crippen molar-refractivity contribution in [2.75, 3.05) is 0 Å². The van der Waals surface area contributed by atoms with Gasteiger partial charge in [-0.1, -0.05) is 60.7 Å². The smallest absolute Gasteiger partial charge is 0.264 e. The summed E-state index contributed by atoms with van der Waals surface area (Å²) in [6.07, 6.45) is 0.267. The van der Waals surface area contributed by atoms with E-state index in [1.54, 1.807) is 18.2 Å². The van der Waals surface area contributed by atoms with Crippen LogP contribution in [0.5, 0.6) is 5.75 Å². The first-order valence-corrected chi connectivity index (χ1v) is 12.4. The van der Waals surface area contributed by atoms with Gasteiger partial charge in [0, 0.05) is 18.4 Å². The molecule has 3 aromatic carbocycles. The summed E-state index contributed by atoms with van der Waals surface area (Å²) in [7, 11) is -3.88. The third kappa shape index (κ3) is 5.94. The van der Waals surface area contributed by atoms with Crippen LogP contribution in [0.1, 0.15) is 23.5 Å². The number of nitrogens with one attached hydrogen (secondary N) is 1. The standard InChI is InChI=1S/C27H25NO5S/c1-20-23(19-32-24-14-12-22(13-15-24)21-8-4-2-5-9-21)18-25(33-20)16-17-27(29)28-34(30,31)26-10-6-3-7-11-26/h2-15,18H,16-17,19H2,1H3,(H,28,29). The van der Waals surface area contributed by atoms with E-state index in [-0.39, 0.29) is 17.7 Å². The van der Waals surface area contributed by atoms with Crippen molar-refractivity contribution in [2.24, 2.45) is 0 Å². The molecule has 1 amide bonds. The molecule has 1 N–H and O–H groups in total. The fourth-order valence-corrected chi connectivity index (χ4v) is 4.52. The summed E-state index contributed by atoms with van der Waals surface area (Å²) >= 11 is 0. The summed E-state index contributed by atoms with van der Waals surface area (Å²) < 4.78 is 38.3. The van der Waals surface area contributed by atoms with Gasteiger partial charge in [0.1, 0.15) is 23.9 Å². The molecule has 0 unspecified atom stereocenters. The maximum atomic E-state index is 12.3. The molecule has 1 heterocycles. The maximum absolute atomic E-state index is 12.3. The lowest BCUT2D eigenvalue weighted by Crippen LogP contribution is -2.30. The van der Waals surface area contributed by atoms with Gasteiger partial charge in [0.2, 0.25) is 5.91 Å². The third-order valence-electron chi connectivity index (χ3n) is 5.33. The van der Waals surface area contributed by atoms with Crippen LogP contribution in [-0.4, -0.2) is 14.3 Å². The minimum Gasteiger partial charge on any atom is -0.489 e. The van der Waals surface area contributed by atoms with Crippen LogP contribution in [0, 0.1) is 6.92 Å². The van der Waals surface area contributed by atoms with Gasteiger partial charge in [-0.15, -0.1) is 0 Å². The molecule has 4 rings (SSSR count). The number of furan rings is 1. The topological polar surface area (TPSA) is 85.6 Å². The summed E-state index contributed by atoms with van der Waals surface area (Å²) in [6, 6.07) is 27.6. The van der Waals surface area contributed by atoms with Gasteiger partial charge < -0.3 is 9.15 Å². The number of ether oxygens (including phenoxy) is 1. The molecular formula is C27H25NO5S. The van der Waals surface area contributed by atoms with Crippen LogP contribution in [0.2, 0.25) is 0 Å². The van der Waals surface area contributed by atoms with Gasteiger partial charge in [-0.05, 0) is 48.4 Å². The van der Waals surface area contributed by atoms with Crippen LogP contribution in [0.25, 0.3) is 11.1 Å². The lowest BCUT2D eigenvalue weighted by molar-refractivity contribution is -0.119. The Labute approximate surface area is 199 Å². The van der Waals surface area contributed by atoms with Gasteiger partial charge in [0.25, 0.3) is 10.0 Å². The highest BCUT2D eigenvalue weighted by molar-refractivity contribution is 7.90. The molecule has 174 valence electrons. The first kappa shape index (κ1) is 23.3. The number of sulfonamides is 1. The van der Waals surface area contributed by atoms with E-state index in [4.69, 9.17) is 9.15 Å². The number of rotatable bonds is 9. The van der Waals surface area contributed by atoms with Crippen LogP contribution in [0.3, 0.4) is 0 Å². The van der Waals surface area contributed by atoms with E-state index in [0.717, 1.165) is 22.4 Å². The van der Waals surface area contributed by atoms with Crippen LogP contribution >= 0.6 is 0 Å². The first-order chi connectivity index (χ1) is 16.4. The maximum Gasteiger partial charge on any atom is 0.264 e. The Morgan fingerprint density at radius 1 is 0.882 bits per heavy atom. The average Bonchev–Trinajstić information content (AvgIpc) is 3.22. The molecule has 0 atom stereocenters. The predicted octanol–water partition coefficient (Wildman–Crippen LogP) is 5.27. The van der Waals surface area contributed by atoms with Crippen molar-refractivity contribution >= 4 is 15.9 Å². The fourth-order valence-electron chi connectivity index (χ4n) is 3.49. The molecule has 34 heavy (non-hydrogen) atoms. The highest BCUT2D eigenvalue weighted by atomic mass is 32.2. The molecule has 0 bridgehead atoms. The van der Waals surface area contributed by atoms with Crippen molar-refractivity contribution in [3.05, 3.63) is 108 Å². The Balaban J connectivity index is 1.30. The zero-order valence-electron chi connectivity index (χ0n) is 18.7. The van der Waals surface area contributed by atoms with E-state index >= 15 is 0 Å². The Morgan fingerprint density at radius 3 is 2.18 bits per heavy atom. The highest BCUT2D eigenvalue weighted by Gasteiger charge is 2.18. The number of carbonyl (C=O) groups is 1. The molecule has 0 spiro atoms. The molecule has 7 heteroatoms. The second kappa shape index (κ2) is 10.4. The first-order valence-electron chi connectivity index (χ1n) is 10.9. The van der Waals surface area contributed by atoms with Crippen molar-refractivity contribution in [1.82, 2.24) is 4.72 Å². The van der Waals surface area contributed by atoms with Gasteiger partial charge in [-0.25, -0.2) is 13.1 Å². The van der Waals surface area contributed by atoms with E-state index in [2.05, 4.69) is 16.9 Å². The van der Waals surface area contributed by atoms with E-state index in [1.807, 2.05) is 55.5 Å². The van der Waals surface area contributed by atoms with Crippen molar-refractivity contribution in [2.45, 2.75) is 31.3 Å². The normalized spacial score (nSPS) is 11.2. The van der Waals surface area contributed by atoms with Crippen molar-refractivity contribution in [3.8, 4) is 16.9 Å². The average molecular weight is 476 g/mol. The number of carbonyl (C=O) groups excluding carboxylic acids is 1. The minimum atomic E-state index is -3.88. The molecule has 0 radical (unpaired) electrons. The predicted molar refractivity (Wildman–Crippen MR) is 130 cm³/mol. The molecular weight excluding hydrogens is 450 g/mol. The molecule has 0 fully saturated rings. The third-order valence-corrected chi connectivity index (χ3v) is 6.72. The summed E-state index contributed by atoms with van der Waals surface area (Å²) in [5.74, 6) is 1.46. The van der Waals surface area contributed by atoms with Crippen LogP contribution < -0.4 is 9.46 Å². The highest BCUT2D eigenvalue weighted by Crippen LogP contribution is 2.24. The number of hydrogen-bond acceptors (Lipinski definition) is 5. The lowest BCUT2D eigenvalue weighted by Gasteiger charge is -2.07. The second-order valence-electron chi connectivity index (χ2n) is 7.81. The SMILES string of the molecule is Cc1oc(CCC(=O)NS(=O)(=O)c2ccccc2)cc1COc1ccc(-c2ccccc2)cc1. The molecule has 1 aromatic heterocycles. The van der Waals surface area contributed by atoms with Crippen LogP contribution in [-0.2, 0) is 27.8 Å². The fraction of sp³-hybridized carbons (Fsp3) is 0.148. The zero-order chi connectivity index (χ0) is 24.0. The monoisotopic (exact) mass is 475 g/mol. The molecule has 0 saturated heterocycles. The van der Waals surface area contributed by atoms with Crippen LogP contribution in [0.15, 0.2) is 100 Å². The number of benzene rings is 3. The molecule has 0 aliphatic rings. The number of amides is 1. The zero-order valence-corrected chi connectivity index (χ0v) is 19.5. The summed E-state index contributed by atoms with van der Waals surface area (Å²) in [5, 5.41) is 0. The number of aryl methyl sites for hydroxylation is 2. The van der Waals surface area contributed by atoms with E-state index < -0.39 is 15.9 Å². The second-order valence-corrected chi connectivity index (χ2v) is 9.50. The van der Waals surface area contributed by atoms with Gasteiger partial charge in [0.05, 0.1) is 4.90 Å². The van der Waals surface area contributed by atoms with E-state index in [0.29, 0.717) is 18.1 Å². The molecule has 0 aliphatic carbocycles. The summed E-state index contributed by atoms with van der Waals surface area (Å²) in [5.41, 5.74) is 3.13. The lowest BCUT2D eigenvalue weighted by atomic mass is 10.1. The summed E-state index contributed by atoms with van der Waals surface area (Å²) in [6.45, 7) is 2.16. The largest absolute Gasteiger partial charge is 0.489 e. The van der Waals surface area contributed by atoms with Gasteiger partial charge >= 0.3 is 0 Å². The Kier molecular flexibility index (Phi) is 7.13. The molecule has 0 saturated carbocycles. The Morgan fingerprint density at radius 2 is 1.50 bits per heavy atom. The van der Waals surface area contributed by atoms with Gasteiger partial charge in [0.15, 0.2) is 0 Å². The van der Waals surface area contributed by atoms with E-state index in [1.165, 1.54) is 12.1 Å². The number of hydrogen-bond donors (Lipinski definition) is 1. The van der Waals surface area contributed by atoms with Crippen LogP contribution in [0.4, 0.5) is 0 Å². The molecule has 0 aliphatic heterocycles. The summed E-state index contributed by atoms with van der Waals surface area (Å²) in [4.78, 5) is 12.2. The van der Waals surface area contributed by atoms with Gasteiger partial charge in [-0.3, -0.25) is 4.79 Å². The molecule has 6 nitrogen and oxygen atoms in total. The minimum absolute atomic E-state index is 0.0136. The molecule has 4 aromatic rings. The van der Waals surface area contributed by atoms with Crippen molar-refractivity contribution in [1.29, 1.82) is 0 Å². The van der Waals surface area contributed by atoms with Crippen molar-refractivity contribution < 1.29 is 22.4 Å². The Hall–Kier alpha value is -3.84. The quantitative estimate of drug-likeness (QED) is 0.356. The van der Waals surface area contributed by atoms with Crippen molar-refractivity contribution in [3.63, 3.8) is 0 Å².